The van der Waals surface area contributed by atoms with Crippen molar-refractivity contribution in [3.8, 4) is 0 Å². The number of phosphoric acid groups is 1. The monoisotopic (exact) mass is 759 g/mol. The Bertz CT molecular complexity index is 865. The number of amides is 1. The van der Waals surface area contributed by atoms with Crippen LogP contribution in [-0.4, -0.2) is 68.5 Å². The fourth-order valence-corrected chi connectivity index (χ4v) is 7.17. The first-order valence-corrected chi connectivity index (χ1v) is 23.5. The van der Waals surface area contributed by atoms with Gasteiger partial charge in [0.2, 0.25) is 5.91 Å². The molecule has 0 saturated carbocycles. The number of rotatable bonds is 40. The Morgan fingerprint density at radius 2 is 1.04 bits per heavy atom. The predicted molar refractivity (Wildman–Crippen MR) is 219 cm³/mol. The molecule has 0 aromatic rings. The van der Waals surface area contributed by atoms with Crippen LogP contribution in [0.15, 0.2) is 12.2 Å². The van der Waals surface area contributed by atoms with Crippen molar-refractivity contribution in [3.63, 3.8) is 0 Å². The van der Waals surface area contributed by atoms with Crippen LogP contribution >= 0.6 is 7.82 Å². The van der Waals surface area contributed by atoms with E-state index in [4.69, 9.17) is 9.05 Å². The highest BCUT2D eigenvalue weighted by Gasteiger charge is 2.23. The van der Waals surface area contributed by atoms with Gasteiger partial charge >= 0.3 is 0 Å². The fourth-order valence-electron chi connectivity index (χ4n) is 6.45. The molecule has 0 saturated heterocycles. The normalized spacial score (nSPS) is 14.5. The number of quaternary nitrogens is 1. The zero-order chi connectivity index (χ0) is 38.6. The van der Waals surface area contributed by atoms with Crippen LogP contribution in [-0.2, 0) is 18.4 Å². The van der Waals surface area contributed by atoms with Crippen LogP contribution < -0.4 is 10.2 Å². The SMILES string of the molecule is CCCCCCCCC/C=C/C(O)C(COP(=O)([O-])OCC[N+](C)(C)C)NC(=O)CCCCCCCCCCCCCCCCCCCCCCC. The third-order valence-corrected chi connectivity index (χ3v) is 11.0. The van der Waals surface area contributed by atoms with E-state index in [9.17, 15) is 19.4 Å². The van der Waals surface area contributed by atoms with E-state index in [0.29, 0.717) is 17.4 Å². The number of nitrogens with zero attached hydrogens (tertiary/aromatic N) is 1. The molecule has 0 spiro atoms. The topological polar surface area (TPSA) is 108 Å². The number of allylic oxidation sites excluding steroid dienone is 1. The molecule has 1 amide bonds. The van der Waals surface area contributed by atoms with E-state index in [0.717, 1.165) is 38.5 Å². The molecule has 310 valence electrons. The summed E-state index contributed by atoms with van der Waals surface area (Å²) >= 11 is 0. The number of hydrogen-bond donors (Lipinski definition) is 2. The van der Waals surface area contributed by atoms with E-state index in [1.54, 1.807) is 6.08 Å². The number of phosphoric ester groups is 1. The molecule has 0 aromatic carbocycles. The maximum atomic E-state index is 12.8. The lowest BCUT2D eigenvalue weighted by Crippen LogP contribution is -2.45. The number of carbonyl (C=O) groups excluding carboxylic acids is 1. The minimum Gasteiger partial charge on any atom is -0.756 e. The first kappa shape index (κ1) is 51.2. The van der Waals surface area contributed by atoms with Gasteiger partial charge in [-0.15, -0.1) is 0 Å². The Kier molecular flexibility index (Phi) is 35.4. The Morgan fingerprint density at radius 3 is 1.44 bits per heavy atom. The van der Waals surface area contributed by atoms with Crippen LogP contribution in [0.2, 0.25) is 0 Å². The van der Waals surface area contributed by atoms with Crippen molar-refractivity contribution in [1.29, 1.82) is 0 Å². The number of hydrogen-bond acceptors (Lipinski definition) is 6. The number of carbonyl (C=O) groups is 1. The Morgan fingerprint density at radius 1 is 0.654 bits per heavy atom. The van der Waals surface area contributed by atoms with E-state index < -0.39 is 20.0 Å². The zero-order valence-electron chi connectivity index (χ0n) is 35.0. The molecule has 52 heavy (non-hydrogen) atoms. The summed E-state index contributed by atoms with van der Waals surface area (Å²) in [6.07, 6.45) is 39.8. The van der Waals surface area contributed by atoms with Gasteiger partial charge in [0.05, 0.1) is 39.9 Å². The predicted octanol–water partition coefficient (Wildman–Crippen LogP) is 11.3. The van der Waals surface area contributed by atoms with Gasteiger partial charge in [0, 0.05) is 6.42 Å². The average Bonchev–Trinajstić information content (AvgIpc) is 3.09. The van der Waals surface area contributed by atoms with Gasteiger partial charge in [-0.2, -0.15) is 0 Å². The van der Waals surface area contributed by atoms with Crippen molar-refractivity contribution in [2.75, 3.05) is 40.9 Å². The van der Waals surface area contributed by atoms with E-state index in [1.807, 2.05) is 27.2 Å². The maximum absolute atomic E-state index is 12.8. The van der Waals surface area contributed by atoms with Crippen molar-refractivity contribution < 1.29 is 32.9 Å². The largest absolute Gasteiger partial charge is 0.756 e. The number of aliphatic hydroxyl groups is 1. The lowest BCUT2D eigenvalue weighted by atomic mass is 10.0. The summed E-state index contributed by atoms with van der Waals surface area (Å²) in [4.78, 5) is 25.2. The third-order valence-electron chi connectivity index (χ3n) is 10.00. The number of aliphatic hydroxyl groups excluding tert-OH is 1. The van der Waals surface area contributed by atoms with Crippen molar-refractivity contribution in [1.82, 2.24) is 5.32 Å². The second kappa shape index (κ2) is 35.9. The molecular weight excluding hydrogens is 671 g/mol. The summed E-state index contributed by atoms with van der Waals surface area (Å²) in [6, 6.07) is -0.878. The van der Waals surface area contributed by atoms with Crippen molar-refractivity contribution in [2.24, 2.45) is 0 Å². The van der Waals surface area contributed by atoms with Gasteiger partial charge in [0.25, 0.3) is 7.82 Å². The third kappa shape index (κ3) is 37.6. The van der Waals surface area contributed by atoms with Crippen LogP contribution in [0.5, 0.6) is 0 Å². The molecular formula is C43H87N2O6P. The maximum Gasteiger partial charge on any atom is 0.268 e. The summed E-state index contributed by atoms with van der Waals surface area (Å²) in [5.74, 6) is -0.197. The van der Waals surface area contributed by atoms with Gasteiger partial charge in [0.15, 0.2) is 0 Å². The molecule has 0 heterocycles. The van der Waals surface area contributed by atoms with Gasteiger partial charge in [-0.05, 0) is 19.3 Å². The molecule has 0 bridgehead atoms. The first-order chi connectivity index (χ1) is 25.0. The second-order valence-corrected chi connectivity index (χ2v) is 17.8. The molecule has 9 heteroatoms. The Labute approximate surface area is 322 Å². The smallest absolute Gasteiger partial charge is 0.268 e. The minimum absolute atomic E-state index is 0.00167. The molecule has 0 aliphatic heterocycles. The molecule has 0 aromatic heterocycles. The van der Waals surface area contributed by atoms with Gasteiger partial charge in [-0.1, -0.05) is 193 Å². The van der Waals surface area contributed by atoms with Crippen molar-refractivity contribution in [2.45, 2.75) is 219 Å². The summed E-state index contributed by atoms with van der Waals surface area (Å²) in [5, 5.41) is 13.7. The van der Waals surface area contributed by atoms with E-state index in [1.165, 1.54) is 148 Å². The van der Waals surface area contributed by atoms with Crippen LogP contribution in [0.3, 0.4) is 0 Å². The molecule has 8 nitrogen and oxygen atoms in total. The standard InChI is InChI=1S/C43H87N2O6P/c1-6-8-10-12-14-16-17-18-19-20-21-22-23-24-25-26-27-29-31-33-35-37-43(47)44-41(40-51-52(48,49)50-39-38-45(3,4)5)42(46)36-34-32-30-28-15-13-11-9-7-2/h34,36,41-42,46H,6-33,35,37-40H2,1-5H3,(H-,44,47,48,49)/b36-34+. The quantitative estimate of drug-likeness (QED) is 0.0279. The number of likely N-dealkylation sites (N-methyl/N-ethyl adjacent to an activating group) is 1. The summed E-state index contributed by atoms with van der Waals surface area (Å²) in [6.45, 7) is 4.63. The summed E-state index contributed by atoms with van der Waals surface area (Å²) < 4.78 is 23.1. The van der Waals surface area contributed by atoms with Crippen LogP contribution in [0.25, 0.3) is 0 Å². The lowest BCUT2D eigenvalue weighted by molar-refractivity contribution is -0.870. The fraction of sp³-hybridized carbons (Fsp3) is 0.930. The van der Waals surface area contributed by atoms with E-state index >= 15 is 0 Å². The Hall–Kier alpha value is -0.760. The second-order valence-electron chi connectivity index (χ2n) is 16.4. The molecule has 0 fully saturated rings. The first-order valence-electron chi connectivity index (χ1n) is 22.1. The molecule has 3 unspecified atom stereocenters. The minimum atomic E-state index is -4.57. The molecule has 0 rings (SSSR count). The average molecular weight is 759 g/mol. The number of unbranched alkanes of at least 4 members (excludes halogenated alkanes) is 27. The van der Waals surface area contributed by atoms with Crippen molar-refractivity contribution >= 4 is 13.7 Å². The molecule has 2 N–H and O–H groups in total. The van der Waals surface area contributed by atoms with Gasteiger partial charge in [-0.3, -0.25) is 9.36 Å². The molecule has 0 radical (unpaired) electrons. The van der Waals surface area contributed by atoms with Crippen LogP contribution in [0.4, 0.5) is 0 Å². The summed E-state index contributed by atoms with van der Waals surface area (Å²) in [7, 11) is 1.27. The van der Waals surface area contributed by atoms with E-state index in [-0.39, 0.29) is 19.1 Å². The van der Waals surface area contributed by atoms with Gasteiger partial charge < -0.3 is 28.8 Å². The van der Waals surface area contributed by atoms with Gasteiger partial charge in [-0.25, -0.2) is 0 Å². The molecule has 3 atom stereocenters. The summed E-state index contributed by atoms with van der Waals surface area (Å²) in [5.41, 5.74) is 0. The lowest BCUT2D eigenvalue weighted by Gasteiger charge is -2.29. The number of nitrogens with one attached hydrogen (secondary N) is 1. The molecule has 0 aliphatic rings. The highest BCUT2D eigenvalue weighted by atomic mass is 31.2. The van der Waals surface area contributed by atoms with Gasteiger partial charge in [0.1, 0.15) is 13.2 Å². The Balaban J connectivity index is 4.21. The zero-order valence-corrected chi connectivity index (χ0v) is 35.9. The van der Waals surface area contributed by atoms with Crippen LogP contribution in [0, 0.1) is 0 Å². The highest BCUT2D eigenvalue weighted by Crippen LogP contribution is 2.38. The van der Waals surface area contributed by atoms with E-state index in [2.05, 4.69) is 19.2 Å². The highest BCUT2D eigenvalue weighted by molar-refractivity contribution is 7.45. The molecule has 0 aliphatic carbocycles. The van der Waals surface area contributed by atoms with Crippen LogP contribution in [0.1, 0.15) is 206 Å². The van der Waals surface area contributed by atoms with Crippen molar-refractivity contribution in [3.05, 3.63) is 12.2 Å².